The lowest BCUT2D eigenvalue weighted by Gasteiger charge is -2.26. The molecule has 6 nitrogen and oxygen atoms in total. The number of aromatic hydroxyl groups is 1. The summed E-state index contributed by atoms with van der Waals surface area (Å²) in [6.45, 7) is 3.23. The molecule has 1 aromatic carbocycles. The molecule has 1 aliphatic heterocycles. The summed E-state index contributed by atoms with van der Waals surface area (Å²) in [7, 11) is 0. The van der Waals surface area contributed by atoms with Gasteiger partial charge in [0.2, 0.25) is 5.91 Å². The minimum absolute atomic E-state index is 0.0569. The molecule has 0 saturated heterocycles. The van der Waals surface area contributed by atoms with Crippen LogP contribution in [-0.2, 0) is 11.3 Å². The fourth-order valence-corrected chi connectivity index (χ4v) is 3.67. The molecular weight excluding hydrogens is 354 g/mol. The first kappa shape index (κ1) is 18.1. The second kappa shape index (κ2) is 7.76. The topological polar surface area (TPSA) is 67.6 Å². The highest BCUT2D eigenvalue weighted by Gasteiger charge is 2.27. The summed E-state index contributed by atoms with van der Waals surface area (Å²) in [5.74, 6) is 0.599. The van der Waals surface area contributed by atoms with Gasteiger partial charge in [0, 0.05) is 42.5 Å². The number of hydrogen-bond donors (Lipinski definition) is 1. The van der Waals surface area contributed by atoms with Crippen molar-refractivity contribution in [1.29, 1.82) is 0 Å². The maximum Gasteiger partial charge on any atom is 0.246 e. The number of ether oxygens (including phenoxy) is 1. The lowest BCUT2D eigenvalue weighted by Crippen LogP contribution is -2.37. The predicted molar refractivity (Wildman–Crippen MR) is 106 cm³/mol. The number of amides is 1. The van der Waals surface area contributed by atoms with Gasteiger partial charge in [0.05, 0.1) is 6.54 Å². The van der Waals surface area contributed by atoms with E-state index in [0.29, 0.717) is 31.9 Å². The molecule has 144 valence electrons. The Morgan fingerprint density at radius 3 is 2.79 bits per heavy atom. The summed E-state index contributed by atoms with van der Waals surface area (Å²) in [6.07, 6.45) is 8.00. The SMILES string of the molecule is CC[C@@H](C(=O)N1CCOc2c(O)cc(-c3cccnc3)cc2C1)n1cccc1. The van der Waals surface area contributed by atoms with E-state index in [1.54, 1.807) is 18.5 Å². The van der Waals surface area contributed by atoms with Gasteiger partial charge in [0.15, 0.2) is 11.5 Å². The minimum atomic E-state index is -0.244. The molecule has 4 rings (SSSR count). The summed E-state index contributed by atoms with van der Waals surface area (Å²) in [5, 5.41) is 10.5. The molecule has 6 heteroatoms. The van der Waals surface area contributed by atoms with Crippen LogP contribution in [0.3, 0.4) is 0 Å². The van der Waals surface area contributed by atoms with Crippen LogP contribution in [0.25, 0.3) is 11.1 Å². The number of rotatable bonds is 4. The Labute approximate surface area is 164 Å². The second-order valence-electron chi connectivity index (χ2n) is 6.89. The van der Waals surface area contributed by atoms with Crippen molar-refractivity contribution in [2.45, 2.75) is 25.9 Å². The molecule has 1 amide bonds. The lowest BCUT2D eigenvalue weighted by atomic mass is 10.0. The first-order valence-electron chi connectivity index (χ1n) is 9.47. The van der Waals surface area contributed by atoms with Crippen LogP contribution >= 0.6 is 0 Å². The molecule has 1 aliphatic rings. The van der Waals surface area contributed by atoms with Gasteiger partial charge in [-0.1, -0.05) is 13.0 Å². The van der Waals surface area contributed by atoms with Gasteiger partial charge in [-0.25, -0.2) is 0 Å². The summed E-state index contributed by atoms with van der Waals surface area (Å²) >= 11 is 0. The highest BCUT2D eigenvalue weighted by molar-refractivity contribution is 5.81. The third kappa shape index (κ3) is 3.45. The second-order valence-corrected chi connectivity index (χ2v) is 6.89. The molecular formula is C22H23N3O3. The fourth-order valence-electron chi connectivity index (χ4n) is 3.67. The number of pyridine rings is 1. The summed E-state index contributed by atoms with van der Waals surface area (Å²) < 4.78 is 7.73. The highest BCUT2D eigenvalue weighted by Crippen LogP contribution is 2.37. The maximum atomic E-state index is 13.2. The average Bonchev–Trinajstić information content (AvgIpc) is 3.15. The number of hydrogen-bond acceptors (Lipinski definition) is 4. The molecule has 0 spiro atoms. The number of carbonyl (C=O) groups is 1. The van der Waals surface area contributed by atoms with Crippen LogP contribution in [0.4, 0.5) is 0 Å². The van der Waals surface area contributed by atoms with E-state index < -0.39 is 0 Å². The Morgan fingerprint density at radius 1 is 1.25 bits per heavy atom. The lowest BCUT2D eigenvalue weighted by molar-refractivity contribution is -0.135. The molecule has 0 bridgehead atoms. The predicted octanol–water partition coefficient (Wildman–Crippen LogP) is 3.63. The van der Waals surface area contributed by atoms with E-state index in [-0.39, 0.29) is 17.7 Å². The van der Waals surface area contributed by atoms with Crippen LogP contribution in [0.1, 0.15) is 24.9 Å². The van der Waals surface area contributed by atoms with Gasteiger partial charge in [-0.3, -0.25) is 9.78 Å². The number of phenols is 1. The van der Waals surface area contributed by atoms with Gasteiger partial charge in [0.1, 0.15) is 12.6 Å². The monoisotopic (exact) mass is 377 g/mol. The molecule has 0 radical (unpaired) electrons. The zero-order chi connectivity index (χ0) is 19.5. The minimum Gasteiger partial charge on any atom is -0.504 e. The number of fused-ring (bicyclic) bond motifs is 1. The van der Waals surface area contributed by atoms with Crippen molar-refractivity contribution >= 4 is 5.91 Å². The van der Waals surface area contributed by atoms with Crippen LogP contribution < -0.4 is 4.74 Å². The van der Waals surface area contributed by atoms with Gasteiger partial charge in [-0.2, -0.15) is 0 Å². The molecule has 1 atom stereocenters. The van der Waals surface area contributed by atoms with E-state index in [1.807, 2.05) is 59.1 Å². The molecule has 0 aliphatic carbocycles. The number of benzene rings is 1. The maximum absolute atomic E-state index is 13.2. The van der Waals surface area contributed by atoms with Gasteiger partial charge >= 0.3 is 0 Å². The number of aromatic nitrogens is 2. The van der Waals surface area contributed by atoms with Crippen LogP contribution in [-0.4, -0.2) is 38.6 Å². The van der Waals surface area contributed by atoms with Crippen molar-refractivity contribution in [3.8, 4) is 22.6 Å². The van der Waals surface area contributed by atoms with Crippen LogP contribution in [0.15, 0.2) is 61.2 Å². The molecule has 3 aromatic rings. The first-order valence-corrected chi connectivity index (χ1v) is 9.47. The first-order chi connectivity index (χ1) is 13.7. The van der Waals surface area contributed by atoms with Gasteiger partial charge in [-0.15, -0.1) is 0 Å². The smallest absolute Gasteiger partial charge is 0.246 e. The van der Waals surface area contributed by atoms with Crippen molar-refractivity contribution in [3.05, 3.63) is 66.7 Å². The molecule has 2 aromatic heterocycles. The van der Waals surface area contributed by atoms with Crippen LogP contribution in [0.2, 0.25) is 0 Å². The summed E-state index contributed by atoms with van der Waals surface area (Å²) in [4.78, 5) is 19.2. The standard InChI is InChI=1S/C22H23N3O3/c1-2-19(24-8-3-4-9-24)22(27)25-10-11-28-21-18(15-25)12-17(13-20(21)26)16-6-5-7-23-14-16/h3-9,12-14,19,26H,2,10-11,15H2,1H3/t19-/m0/s1. The number of phenolic OH excluding ortho intramolecular Hbond substituents is 1. The van der Waals surface area contributed by atoms with Gasteiger partial charge < -0.3 is 19.3 Å². The van der Waals surface area contributed by atoms with E-state index in [1.165, 1.54) is 0 Å². The zero-order valence-electron chi connectivity index (χ0n) is 15.8. The van der Waals surface area contributed by atoms with Crippen molar-refractivity contribution in [2.24, 2.45) is 0 Å². The Balaban J connectivity index is 1.65. The molecule has 0 unspecified atom stereocenters. The molecule has 0 fully saturated rings. The normalized spacial score (nSPS) is 14.7. The number of carbonyl (C=O) groups excluding carboxylic acids is 1. The Morgan fingerprint density at radius 2 is 2.07 bits per heavy atom. The molecule has 1 N–H and O–H groups in total. The van der Waals surface area contributed by atoms with E-state index in [2.05, 4.69) is 4.98 Å². The Bertz CT molecular complexity index is 955. The van der Waals surface area contributed by atoms with Crippen LogP contribution in [0.5, 0.6) is 11.5 Å². The molecule has 3 heterocycles. The molecule has 28 heavy (non-hydrogen) atoms. The van der Waals surface area contributed by atoms with E-state index in [0.717, 1.165) is 16.7 Å². The van der Waals surface area contributed by atoms with Crippen molar-refractivity contribution in [3.63, 3.8) is 0 Å². The Kier molecular flexibility index (Phi) is 5.02. The highest BCUT2D eigenvalue weighted by atomic mass is 16.5. The molecule has 0 saturated carbocycles. The summed E-state index contributed by atoms with van der Waals surface area (Å²) in [5.41, 5.74) is 2.55. The van der Waals surface area contributed by atoms with Crippen molar-refractivity contribution in [2.75, 3.05) is 13.2 Å². The van der Waals surface area contributed by atoms with E-state index in [9.17, 15) is 9.90 Å². The van der Waals surface area contributed by atoms with Crippen LogP contribution in [0, 0.1) is 0 Å². The third-order valence-corrected chi connectivity index (χ3v) is 5.08. The fraction of sp³-hybridized carbons (Fsp3) is 0.273. The summed E-state index contributed by atoms with van der Waals surface area (Å²) in [6, 6.07) is 11.0. The van der Waals surface area contributed by atoms with E-state index >= 15 is 0 Å². The number of nitrogens with zero attached hydrogens (tertiary/aromatic N) is 3. The van der Waals surface area contributed by atoms with Crippen molar-refractivity contribution in [1.82, 2.24) is 14.5 Å². The largest absolute Gasteiger partial charge is 0.504 e. The third-order valence-electron chi connectivity index (χ3n) is 5.08. The quantitative estimate of drug-likeness (QED) is 0.754. The van der Waals surface area contributed by atoms with Gasteiger partial charge in [0.25, 0.3) is 0 Å². The average molecular weight is 377 g/mol. The zero-order valence-corrected chi connectivity index (χ0v) is 15.8. The van der Waals surface area contributed by atoms with Crippen molar-refractivity contribution < 1.29 is 14.6 Å². The Hall–Kier alpha value is -3.28. The van der Waals surface area contributed by atoms with Gasteiger partial charge in [-0.05, 0) is 42.3 Å². The van der Waals surface area contributed by atoms with E-state index in [4.69, 9.17) is 4.74 Å².